The van der Waals surface area contributed by atoms with Crippen LogP contribution >= 0.6 is 0 Å². The summed E-state index contributed by atoms with van der Waals surface area (Å²) in [5.41, 5.74) is 5.25. The fraction of sp³-hybridized carbons (Fsp3) is 0.571. The average molecular weight is 250 g/mol. The van der Waals surface area contributed by atoms with Crippen LogP contribution in [0.5, 0.6) is 5.75 Å². The molecule has 1 aromatic carbocycles. The molecule has 3 atom stereocenters. The number of rotatable bonds is 4. The summed E-state index contributed by atoms with van der Waals surface area (Å²) in [7, 11) is 1.68. The zero-order chi connectivity index (χ0) is 13.1. The summed E-state index contributed by atoms with van der Waals surface area (Å²) < 4.78 is 11.0. The Bertz CT molecular complexity index is 409. The monoisotopic (exact) mass is 250 g/mol. The van der Waals surface area contributed by atoms with E-state index in [1.165, 1.54) is 11.1 Å². The molecule has 2 rings (SSSR count). The zero-order valence-electron chi connectivity index (χ0n) is 11.3. The van der Waals surface area contributed by atoms with E-state index in [1.54, 1.807) is 7.11 Å². The van der Waals surface area contributed by atoms with Crippen LogP contribution in [-0.4, -0.2) is 19.8 Å². The molecular weight excluding hydrogens is 228 g/mol. The van der Waals surface area contributed by atoms with E-state index in [4.69, 9.17) is 15.3 Å². The molecule has 1 aliphatic heterocycles. The summed E-state index contributed by atoms with van der Waals surface area (Å²) in [6.45, 7) is 5.10. The van der Waals surface area contributed by atoms with Gasteiger partial charge in [-0.2, -0.15) is 0 Å². The van der Waals surface area contributed by atoms with Crippen molar-refractivity contribution in [3.05, 3.63) is 29.3 Å². The van der Waals surface area contributed by atoms with Gasteiger partial charge in [-0.25, -0.2) is 0 Å². The number of hydrogen-bond acceptors (Lipinski definition) is 4. The molecule has 0 radical (unpaired) electrons. The molecule has 0 aliphatic carbocycles. The Morgan fingerprint density at radius 1 is 1.50 bits per heavy atom. The Morgan fingerprint density at radius 3 is 2.78 bits per heavy atom. The molecule has 100 valence electrons. The second-order valence-electron chi connectivity index (χ2n) is 4.97. The van der Waals surface area contributed by atoms with E-state index in [1.807, 2.05) is 12.1 Å². The Balaban J connectivity index is 2.27. The van der Waals surface area contributed by atoms with Gasteiger partial charge in [-0.3, -0.25) is 11.3 Å². The molecule has 1 fully saturated rings. The van der Waals surface area contributed by atoms with E-state index < -0.39 is 0 Å². The Kier molecular flexibility index (Phi) is 4.22. The molecule has 0 saturated carbocycles. The van der Waals surface area contributed by atoms with Crippen molar-refractivity contribution in [2.75, 3.05) is 13.7 Å². The first-order chi connectivity index (χ1) is 8.67. The van der Waals surface area contributed by atoms with Crippen molar-refractivity contribution in [3.8, 4) is 5.75 Å². The van der Waals surface area contributed by atoms with Crippen molar-refractivity contribution in [2.24, 2.45) is 11.8 Å². The van der Waals surface area contributed by atoms with Gasteiger partial charge in [-0.05, 0) is 42.5 Å². The van der Waals surface area contributed by atoms with Crippen LogP contribution in [0.2, 0.25) is 0 Å². The van der Waals surface area contributed by atoms with Crippen LogP contribution in [0.4, 0.5) is 0 Å². The van der Waals surface area contributed by atoms with Gasteiger partial charge in [0.2, 0.25) is 0 Å². The molecule has 1 aromatic rings. The fourth-order valence-electron chi connectivity index (χ4n) is 2.63. The Labute approximate surface area is 108 Å². The standard InChI is InChI=1S/C14H22N2O2/c1-9-6-7-18-14(9)13(16-15)12-5-4-11(17-3)8-10(12)2/h4-5,8-9,13-14,16H,6-7,15H2,1-3H3. The SMILES string of the molecule is COc1ccc(C(NN)C2OCCC2C)c(C)c1. The average Bonchev–Trinajstić information content (AvgIpc) is 2.78. The number of nitrogens with one attached hydrogen (secondary N) is 1. The molecule has 18 heavy (non-hydrogen) atoms. The van der Waals surface area contributed by atoms with Gasteiger partial charge in [0.05, 0.1) is 19.3 Å². The van der Waals surface area contributed by atoms with Crippen molar-refractivity contribution in [2.45, 2.75) is 32.4 Å². The van der Waals surface area contributed by atoms with E-state index in [9.17, 15) is 0 Å². The number of nitrogens with two attached hydrogens (primary N) is 1. The number of aryl methyl sites for hydroxylation is 1. The van der Waals surface area contributed by atoms with Crippen LogP contribution in [0, 0.1) is 12.8 Å². The van der Waals surface area contributed by atoms with Crippen LogP contribution in [0.25, 0.3) is 0 Å². The predicted molar refractivity (Wildman–Crippen MR) is 71.3 cm³/mol. The minimum Gasteiger partial charge on any atom is -0.497 e. The third-order valence-corrected chi connectivity index (χ3v) is 3.76. The summed E-state index contributed by atoms with van der Waals surface area (Å²) in [6.07, 6.45) is 1.24. The molecule has 1 heterocycles. The number of hydrazine groups is 1. The lowest BCUT2D eigenvalue weighted by Gasteiger charge is -2.27. The molecule has 0 aromatic heterocycles. The zero-order valence-corrected chi connectivity index (χ0v) is 11.3. The lowest BCUT2D eigenvalue weighted by Crippen LogP contribution is -2.39. The van der Waals surface area contributed by atoms with Gasteiger partial charge in [0.25, 0.3) is 0 Å². The first kappa shape index (κ1) is 13.3. The molecule has 3 N–H and O–H groups in total. The highest BCUT2D eigenvalue weighted by Crippen LogP contribution is 2.33. The molecular formula is C14H22N2O2. The Hall–Kier alpha value is -1.10. The van der Waals surface area contributed by atoms with E-state index in [0.717, 1.165) is 18.8 Å². The molecule has 1 saturated heterocycles. The van der Waals surface area contributed by atoms with Crippen LogP contribution < -0.4 is 16.0 Å². The van der Waals surface area contributed by atoms with Crippen LogP contribution in [-0.2, 0) is 4.74 Å². The number of benzene rings is 1. The summed E-state index contributed by atoms with van der Waals surface area (Å²) in [6, 6.07) is 6.09. The summed E-state index contributed by atoms with van der Waals surface area (Å²) in [5.74, 6) is 7.11. The second-order valence-corrected chi connectivity index (χ2v) is 4.97. The maximum Gasteiger partial charge on any atom is 0.119 e. The highest BCUT2D eigenvalue weighted by Gasteiger charge is 2.33. The number of hydrogen-bond donors (Lipinski definition) is 2. The van der Waals surface area contributed by atoms with Gasteiger partial charge in [0.15, 0.2) is 0 Å². The van der Waals surface area contributed by atoms with Crippen molar-refractivity contribution in [1.82, 2.24) is 5.43 Å². The molecule has 0 bridgehead atoms. The quantitative estimate of drug-likeness (QED) is 0.633. The molecule has 3 unspecified atom stereocenters. The Morgan fingerprint density at radius 2 is 2.28 bits per heavy atom. The minimum atomic E-state index is 0.0356. The van der Waals surface area contributed by atoms with Crippen molar-refractivity contribution in [1.29, 1.82) is 0 Å². The maximum absolute atomic E-state index is 5.81. The predicted octanol–water partition coefficient (Wildman–Crippen LogP) is 1.93. The van der Waals surface area contributed by atoms with E-state index >= 15 is 0 Å². The fourth-order valence-corrected chi connectivity index (χ4v) is 2.63. The molecule has 0 spiro atoms. The topological polar surface area (TPSA) is 56.5 Å². The van der Waals surface area contributed by atoms with Crippen LogP contribution in [0.3, 0.4) is 0 Å². The van der Waals surface area contributed by atoms with Crippen LogP contribution in [0.1, 0.15) is 30.5 Å². The summed E-state index contributed by atoms with van der Waals surface area (Å²) in [5, 5.41) is 0. The van der Waals surface area contributed by atoms with Crippen molar-refractivity contribution < 1.29 is 9.47 Å². The van der Waals surface area contributed by atoms with E-state index in [0.29, 0.717) is 5.92 Å². The molecule has 4 heteroatoms. The second kappa shape index (κ2) is 5.69. The molecule has 1 aliphatic rings. The molecule has 4 nitrogen and oxygen atoms in total. The maximum atomic E-state index is 5.81. The van der Waals surface area contributed by atoms with Crippen LogP contribution in [0.15, 0.2) is 18.2 Å². The minimum absolute atomic E-state index is 0.0356. The van der Waals surface area contributed by atoms with Gasteiger partial charge in [0, 0.05) is 6.61 Å². The molecule has 0 amide bonds. The van der Waals surface area contributed by atoms with Gasteiger partial charge >= 0.3 is 0 Å². The van der Waals surface area contributed by atoms with Crippen molar-refractivity contribution >= 4 is 0 Å². The highest BCUT2D eigenvalue weighted by molar-refractivity contribution is 5.37. The summed E-state index contributed by atoms with van der Waals surface area (Å²) >= 11 is 0. The van der Waals surface area contributed by atoms with Gasteiger partial charge in [-0.15, -0.1) is 0 Å². The number of ether oxygens (including phenoxy) is 2. The summed E-state index contributed by atoms with van der Waals surface area (Å²) in [4.78, 5) is 0. The highest BCUT2D eigenvalue weighted by atomic mass is 16.5. The number of methoxy groups -OCH3 is 1. The first-order valence-corrected chi connectivity index (χ1v) is 6.39. The third kappa shape index (κ3) is 2.51. The van der Waals surface area contributed by atoms with Gasteiger partial charge in [0.1, 0.15) is 5.75 Å². The van der Waals surface area contributed by atoms with Gasteiger partial charge in [-0.1, -0.05) is 13.0 Å². The smallest absolute Gasteiger partial charge is 0.119 e. The third-order valence-electron chi connectivity index (χ3n) is 3.76. The van der Waals surface area contributed by atoms with E-state index in [2.05, 4.69) is 25.3 Å². The normalized spacial score (nSPS) is 25.1. The largest absolute Gasteiger partial charge is 0.497 e. The lowest BCUT2D eigenvalue weighted by molar-refractivity contribution is 0.0605. The van der Waals surface area contributed by atoms with Crippen molar-refractivity contribution in [3.63, 3.8) is 0 Å². The van der Waals surface area contributed by atoms with E-state index in [-0.39, 0.29) is 12.1 Å². The lowest BCUT2D eigenvalue weighted by atomic mass is 9.90. The first-order valence-electron chi connectivity index (χ1n) is 6.39. The van der Waals surface area contributed by atoms with Gasteiger partial charge < -0.3 is 9.47 Å².